The summed E-state index contributed by atoms with van der Waals surface area (Å²) in [5, 5.41) is 13.0. The van der Waals surface area contributed by atoms with Crippen molar-refractivity contribution in [2.75, 3.05) is 6.61 Å². The van der Waals surface area contributed by atoms with Crippen molar-refractivity contribution in [2.24, 2.45) is 11.8 Å². The monoisotopic (exact) mass is 254 g/mol. The highest BCUT2D eigenvalue weighted by Crippen LogP contribution is 2.42. The van der Waals surface area contributed by atoms with Crippen LogP contribution in [0.15, 0.2) is 4.52 Å². The van der Waals surface area contributed by atoms with Gasteiger partial charge in [-0.1, -0.05) is 12.1 Å². The van der Waals surface area contributed by atoms with Crippen LogP contribution in [0.4, 0.5) is 0 Å². The lowest BCUT2D eigenvalue weighted by molar-refractivity contribution is -0.142. The minimum atomic E-state index is -0.783. The van der Waals surface area contributed by atoms with Gasteiger partial charge in [-0.25, -0.2) is 0 Å². The first-order chi connectivity index (χ1) is 8.61. The summed E-state index contributed by atoms with van der Waals surface area (Å²) in [5.41, 5.74) is 0. The van der Waals surface area contributed by atoms with Crippen LogP contribution >= 0.6 is 0 Å². The van der Waals surface area contributed by atoms with Gasteiger partial charge in [0.05, 0.1) is 11.8 Å². The SMILES string of the molecule is CCOCc1noc(C2CC(C)CC2C(=O)O)n1. The largest absolute Gasteiger partial charge is 0.481 e. The molecule has 1 aliphatic carbocycles. The molecule has 100 valence electrons. The Kier molecular flexibility index (Phi) is 3.96. The summed E-state index contributed by atoms with van der Waals surface area (Å²) < 4.78 is 10.4. The molecule has 0 radical (unpaired) electrons. The molecule has 1 aliphatic rings. The predicted molar refractivity (Wildman–Crippen MR) is 61.9 cm³/mol. The Bertz CT molecular complexity index is 418. The molecule has 1 heterocycles. The second-order valence-corrected chi connectivity index (χ2v) is 4.81. The van der Waals surface area contributed by atoms with E-state index in [9.17, 15) is 9.90 Å². The van der Waals surface area contributed by atoms with E-state index in [1.807, 2.05) is 13.8 Å². The standard InChI is InChI=1S/C12H18N2O4/c1-3-17-6-10-13-11(18-14-10)8-4-7(2)5-9(8)12(15)16/h7-9H,3-6H2,1-2H3,(H,15,16). The molecule has 0 aromatic carbocycles. The maximum Gasteiger partial charge on any atom is 0.307 e. The van der Waals surface area contributed by atoms with Gasteiger partial charge in [-0.2, -0.15) is 4.98 Å². The van der Waals surface area contributed by atoms with Gasteiger partial charge in [0.15, 0.2) is 5.82 Å². The smallest absolute Gasteiger partial charge is 0.307 e. The maximum absolute atomic E-state index is 11.2. The Labute approximate surface area is 105 Å². The molecule has 3 atom stereocenters. The zero-order valence-electron chi connectivity index (χ0n) is 10.6. The summed E-state index contributed by atoms with van der Waals surface area (Å²) >= 11 is 0. The quantitative estimate of drug-likeness (QED) is 0.862. The van der Waals surface area contributed by atoms with Crippen molar-refractivity contribution in [1.82, 2.24) is 10.1 Å². The summed E-state index contributed by atoms with van der Waals surface area (Å²) in [4.78, 5) is 15.4. The van der Waals surface area contributed by atoms with E-state index in [4.69, 9.17) is 9.26 Å². The number of rotatable bonds is 5. The van der Waals surface area contributed by atoms with Crippen LogP contribution in [-0.2, 0) is 16.1 Å². The third-order valence-electron chi connectivity index (χ3n) is 3.35. The number of carboxylic acid groups (broad SMARTS) is 1. The van der Waals surface area contributed by atoms with Gasteiger partial charge in [0.1, 0.15) is 6.61 Å². The molecule has 2 rings (SSSR count). The molecule has 0 saturated heterocycles. The van der Waals surface area contributed by atoms with Crippen molar-refractivity contribution in [1.29, 1.82) is 0 Å². The Morgan fingerprint density at radius 1 is 1.56 bits per heavy atom. The molecule has 18 heavy (non-hydrogen) atoms. The lowest BCUT2D eigenvalue weighted by atomic mass is 9.96. The van der Waals surface area contributed by atoms with E-state index in [2.05, 4.69) is 10.1 Å². The van der Waals surface area contributed by atoms with Crippen LogP contribution in [0.3, 0.4) is 0 Å². The van der Waals surface area contributed by atoms with Crippen LogP contribution in [0.25, 0.3) is 0 Å². The number of hydrogen-bond donors (Lipinski definition) is 1. The van der Waals surface area contributed by atoms with E-state index >= 15 is 0 Å². The summed E-state index contributed by atoms with van der Waals surface area (Å²) in [6.07, 6.45) is 1.45. The average Bonchev–Trinajstić information content (AvgIpc) is 2.92. The van der Waals surface area contributed by atoms with Crippen LogP contribution in [0, 0.1) is 11.8 Å². The number of aromatic nitrogens is 2. The minimum absolute atomic E-state index is 0.166. The Balaban J connectivity index is 2.10. The molecule has 1 aromatic heterocycles. The first kappa shape index (κ1) is 13.0. The first-order valence-electron chi connectivity index (χ1n) is 6.24. The van der Waals surface area contributed by atoms with Gasteiger partial charge < -0.3 is 14.4 Å². The van der Waals surface area contributed by atoms with Gasteiger partial charge in [0, 0.05) is 6.61 Å². The van der Waals surface area contributed by atoms with Crippen molar-refractivity contribution in [3.63, 3.8) is 0 Å². The van der Waals surface area contributed by atoms with E-state index < -0.39 is 11.9 Å². The molecule has 1 N–H and O–H groups in total. The number of hydrogen-bond acceptors (Lipinski definition) is 5. The Morgan fingerprint density at radius 3 is 3.00 bits per heavy atom. The number of aliphatic carboxylic acids is 1. The van der Waals surface area contributed by atoms with Gasteiger partial charge in [-0.3, -0.25) is 4.79 Å². The van der Waals surface area contributed by atoms with Crippen molar-refractivity contribution < 1.29 is 19.2 Å². The van der Waals surface area contributed by atoms with Crippen LogP contribution < -0.4 is 0 Å². The molecule has 0 amide bonds. The third-order valence-corrected chi connectivity index (χ3v) is 3.35. The summed E-state index contributed by atoms with van der Waals surface area (Å²) in [6, 6.07) is 0. The topological polar surface area (TPSA) is 85.5 Å². The minimum Gasteiger partial charge on any atom is -0.481 e. The van der Waals surface area contributed by atoms with E-state index in [1.165, 1.54) is 0 Å². The Morgan fingerprint density at radius 2 is 2.33 bits per heavy atom. The average molecular weight is 254 g/mol. The highest BCUT2D eigenvalue weighted by molar-refractivity contribution is 5.71. The second kappa shape index (κ2) is 5.48. The van der Waals surface area contributed by atoms with E-state index in [-0.39, 0.29) is 5.92 Å². The fourth-order valence-electron chi connectivity index (χ4n) is 2.51. The van der Waals surface area contributed by atoms with Crippen LogP contribution in [0.5, 0.6) is 0 Å². The van der Waals surface area contributed by atoms with Crippen molar-refractivity contribution >= 4 is 5.97 Å². The predicted octanol–water partition coefficient (Wildman–Crippen LogP) is 1.82. The maximum atomic E-state index is 11.2. The zero-order valence-corrected chi connectivity index (χ0v) is 10.6. The third kappa shape index (κ3) is 2.69. The highest BCUT2D eigenvalue weighted by atomic mass is 16.5. The Hall–Kier alpha value is -1.43. The normalized spacial score (nSPS) is 27.6. The zero-order chi connectivity index (χ0) is 13.1. The van der Waals surface area contributed by atoms with Gasteiger partial charge in [0.2, 0.25) is 5.89 Å². The molecule has 6 nitrogen and oxygen atoms in total. The van der Waals surface area contributed by atoms with Gasteiger partial charge in [0.25, 0.3) is 0 Å². The van der Waals surface area contributed by atoms with Crippen LogP contribution in [0.2, 0.25) is 0 Å². The van der Waals surface area contributed by atoms with Gasteiger partial charge in [-0.15, -0.1) is 0 Å². The molecule has 1 saturated carbocycles. The molecule has 0 spiro atoms. The van der Waals surface area contributed by atoms with Crippen molar-refractivity contribution in [2.45, 2.75) is 39.2 Å². The fraction of sp³-hybridized carbons (Fsp3) is 0.750. The lowest BCUT2D eigenvalue weighted by Gasteiger charge is -2.09. The van der Waals surface area contributed by atoms with Crippen LogP contribution in [0.1, 0.15) is 44.3 Å². The van der Waals surface area contributed by atoms with E-state index in [1.54, 1.807) is 0 Å². The molecule has 1 aromatic rings. The number of ether oxygens (including phenoxy) is 1. The first-order valence-corrected chi connectivity index (χ1v) is 6.24. The number of carbonyl (C=O) groups is 1. The molecule has 6 heteroatoms. The highest BCUT2D eigenvalue weighted by Gasteiger charge is 2.41. The fourth-order valence-corrected chi connectivity index (χ4v) is 2.51. The van der Waals surface area contributed by atoms with Crippen LogP contribution in [-0.4, -0.2) is 27.8 Å². The summed E-state index contributed by atoms with van der Waals surface area (Å²) in [6.45, 7) is 4.83. The summed E-state index contributed by atoms with van der Waals surface area (Å²) in [5.74, 6) is -0.0787. The van der Waals surface area contributed by atoms with Gasteiger partial charge >= 0.3 is 5.97 Å². The summed E-state index contributed by atoms with van der Waals surface area (Å²) in [7, 11) is 0. The number of nitrogens with zero attached hydrogens (tertiary/aromatic N) is 2. The van der Waals surface area contributed by atoms with Crippen molar-refractivity contribution in [3.05, 3.63) is 11.7 Å². The van der Waals surface area contributed by atoms with E-state index in [0.717, 1.165) is 6.42 Å². The second-order valence-electron chi connectivity index (χ2n) is 4.81. The molecular weight excluding hydrogens is 236 g/mol. The molecule has 1 fully saturated rings. The lowest BCUT2D eigenvalue weighted by Crippen LogP contribution is -2.17. The van der Waals surface area contributed by atoms with E-state index in [0.29, 0.717) is 37.3 Å². The van der Waals surface area contributed by atoms with Crippen molar-refractivity contribution in [3.8, 4) is 0 Å². The molecule has 3 unspecified atom stereocenters. The molecular formula is C12H18N2O4. The molecule has 0 bridgehead atoms. The van der Waals surface area contributed by atoms with Gasteiger partial charge in [-0.05, 0) is 25.7 Å². The molecule has 0 aliphatic heterocycles. The number of carboxylic acids is 1.